The van der Waals surface area contributed by atoms with Gasteiger partial charge in [-0.05, 0) is 49.2 Å². The molecule has 0 saturated carbocycles. The Bertz CT molecular complexity index is 1060. The zero-order valence-electron chi connectivity index (χ0n) is 16.3. The van der Waals surface area contributed by atoms with Crippen molar-refractivity contribution in [3.05, 3.63) is 47.5 Å². The van der Waals surface area contributed by atoms with E-state index in [1.165, 1.54) is 26.2 Å². The third-order valence-corrected chi connectivity index (χ3v) is 7.42. The first-order valence-electron chi connectivity index (χ1n) is 8.20. The van der Waals surface area contributed by atoms with Gasteiger partial charge >= 0.3 is 0 Å². The van der Waals surface area contributed by atoms with Crippen LogP contribution in [0.4, 0.5) is 11.4 Å². The summed E-state index contributed by atoms with van der Waals surface area (Å²) in [4.78, 5) is 1.89. The normalized spacial score (nSPS) is 12.3. The van der Waals surface area contributed by atoms with E-state index in [1.54, 1.807) is 44.1 Å². The molecule has 9 heteroatoms. The molecule has 7 nitrogen and oxygen atoms in total. The molecule has 0 amide bonds. The molecule has 0 aliphatic rings. The fourth-order valence-corrected chi connectivity index (χ4v) is 4.88. The monoisotopic (exact) mass is 411 g/mol. The molecule has 1 N–H and O–H groups in total. The van der Waals surface area contributed by atoms with Gasteiger partial charge in [0, 0.05) is 28.2 Å². The van der Waals surface area contributed by atoms with Crippen molar-refractivity contribution in [3.63, 3.8) is 0 Å². The number of rotatable bonds is 6. The van der Waals surface area contributed by atoms with E-state index >= 15 is 0 Å². The van der Waals surface area contributed by atoms with Gasteiger partial charge in [-0.25, -0.2) is 21.1 Å². The van der Waals surface area contributed by atoms with Gasteiger partial charge in [-0.1, -0.05) is 12.1 Å². The molecule has 0 unspecified atom stereocenters. The molecule has 27 heavy (non-hydrogen) atoms. The molecule has 0 saturated heterocycles. The van der Waals surface area contributed by atoms with Gasteiger partial charge < -0.3 is 4.90 Å². The number of benzene rings is 2. The number of nitrogens with one attached hydrogen (secondary N) is 1. The van der Waals surface area contributed by atoms with Gasteiger partial charge in [0.05, 0.1) is 21.2 Å². The lowest BCUT2D eigenvalue weighted by Crippen LogP contribution is -2.23. The van der Waals surface area contributed by atoms with Crippen LogP contribution >= 0.6 is 0 Å². The standard InChI is InChI=1S/C18H25N3O4S2/c1-13-7-8-14(2)18(11-13)26(22,23)19-16-12-15(27(24,25)21(5)6)9-10-17(16)20(3)4/h7-12,19H,1-6H3. The molecule has 2 rings (SSSR count). The van der Waals surface area contributed by atoms with Crippen molar-refractivity contribution in [2.24, 2.45) is 0 Å². The lowest BCUT2D eigenvalue weighted by molar-refractivity contribution is 0.521. The highest BCUT2D eigenvalue weighted by atomic mass is 32.2. The first kappa shape index (κ1) is 21.2. The number of aryl methyl sites for hydroxylation is 2. The molecule has 0 spiro atoms. The van der Waals surface area contributed by atoms with E-state index in [1.807, 2.05) is 13.0 Å². The summed E-state index contributed by atoms with van der Waals surface area (Å²) in [5.74, 6) is 0. The highest BCUT2D eigenvalue weighted by molar-refractivity contribution is 7.92. The van der Waals surface area contributed by atoms with Crippen molar-refractivity contribution < 1.29 is 16.8 Å². The lowest BCUT2D eigenvalue weighted by Gasteiger charge is -2.21. The van der Waals surface area contributed by atoms with Crippen molar-refractivity contribution in [3.8, 4) is 0 Å². The average Bonchev–Trinajstić information content (AvgIpc) is 2.56. The Kier molecular flexibility index (Phi) is 5.88. The number of hydrogen-bond donors (Lipinski definition) is 1. The molecule has 0 heterocycles. The molecular weight excluding hydrogens is 386 g/mol. The third-order valence-electron chi connectivity index (χ3n) is 4.11. The molecule has 0 fully saturated rings. The van der Waals surface area contributed by atoms with Crippen molar-refractivity contribution in [1.82, 2.24) is 4.31 Å². The molecule has 0 aromatic heterocycles. The van der Waals surface area contributed by atoms with E-state index in [9.17, 15) is 16.8 Å². The van der Waals surface area contributed by atoms with Gasteiger partial charge in [-0.15, -0.1) is 0 Å². The molecule has 148 valence electrons. The van der Waals surface area contributed by atoms with Gasteiger partial charge in [-0.2, -0.15) is 0 Å². The summed E-state index contributed by atoms with van der Waals surface area (Å²) in [6.45, 7) is 3.53. The van der Waals surface area contributed by atoms with Crippen molar-refractivity contribution >= 4 is 31.4 Å². The van der Waals surface area contributed by atoms with Crippen LogP contribution in [-0.2, 0) is 20.0 Å². The van der Waals surface area contributed by atoms with Crippen molar-refractivity contribution in [1.29, 1.82) is 0 Å². The summed E-state index contributed by atoms with van der Waals surface area (Å²) < 4.78 is 54.4. The Morgan fingerprint density at radius 3 is 2.04 bits per heavy atom. The average molecular weight is 412 g/mol. The summed E-state index contributed by atoms with van der Waals surface area (Å²) in [6, 6.07) is 9.55. The van der Waals surface area contributed by atoms with E-state index in [2.05, 4.69) is 4.72 Å². The predicted molar refractivity (Wildman–Crippen MR) is 108 cm³/mol. The highest BCUT2D eigenvalue weighted by Crippen LogP contribution is 2.31. The van der Waals surface area contributed by atoms with Gasteiger partial charge in [0.1, 0.15) is 0 Å². The molecule has 2 aromatic rings. The number of anilines is 2. The van der Waals surface area contributed by atoms with Crippen LogP contribution in [0.2, 0.25) is 0 Å². The first-order chi connectivity index (χ1) is 12.4. The van der Waals surface area contributed by atoms with Crippen LogP contribution in [0.25, 0.3) is 0 Å². The van der Waals surface area contributed by atoms with Crippen molar-refractivity contribution in [2.75, 3.05) is 37.8 Å². The smallest absolute Gasteiger partial charge is 0.262 e. The van der Waals surface area contributed by atoms with Gasteiger partial charge in [0.25, 0.3) is 10.0 Å². The number of sulfonamides is 2. The Hall–Kier alpha value is -2.10. The zero-order valence-corrected chi connectivity index (χ0v) is 17.9. The molecule has 0 aliphatic heterocycles. The maximum absolute atomic E-state index is 13.0. The number of hydrogen-bond acceptors (Lipinski definition) is 5. The molecule has 0 radical (unpaired) electrons. The maximum Gasteiger partial charge on any atom is 0.262 e. The van der Waals surface area contributed by atoms with E-state index < -0.39 is 20.0 Å². The maximum atomic E-state index is 13.0. The first-order valence-corrected chi connectivity index (χ1v) is 11.1. The van der Waals surface area contributed by atoms with Crippen molar-refractivity contribution in [2.45, 2.75) is 23.6 Å². The summed E-state index contributed by atoms with van der Waals surface area (Å²) in [5, 5.41) is 0. The van der Waals surface area contributed by atoms with E-state index in [0.29, 0.717) is 11.3 Å². The lowest BCUT2D eigenvalue weighted by atomic mass is 10.2. The minimum atomic E-state index is -3.89. The van der Waals surface area contributed by atoms with Crippen LogP contribution in [0.15, 0.2) is 46.2 Å². The molecule has 2 aromatic carbocycles. The molecule has 0 aliphatic carbocycles. The van der Waals surface area contributed by atoms with E-state index in [4.69, 9.17) is 0 Å². The summed E-state index contributed by atoms with van der Waals surface area (Å²) in [7, 11) is -1.23. The van der Waals surface area contributed by atoms with Gasteiger partial charge in [0.2, 0.25) is 10.0 Å². The summed E-state index contributed by atoms with van der Waals surface area (Å²) >= 11 is 0. The Balaban J connectivity index is 2.61. The van der Waals surface area contributed by atoms with Crippen LogP contribution < -0.4 is 9.62 Å². The van der Waals surface area contributed by atoms with Crippen LogP contribution in [0, 0.1) is 13.8 Å². The SMILES string of the molecule is Cc1ccc(C)c(S(=O)(=O)Nc2cc(S(=O)(=O)N(C)C)ccc2N(C)C)c1. The minimum Gasteiger partial charge on any atom is -0.376 e. The van der Waals surface area contributed by atoms with Crippen LogP contribution in [-0.4, -0.2) is 49.3 Å². The largest absolute Gasteiger partial charge is 0.376 e. The van der Waals surface area contributed by atoms with Gasteiger partial charge in [0.15, 0.2) is 0 Å². The van der Waals surface area contributed by atoms with Crippen LogP contribution in [0.3, 0.4) is 0 Å². The quantitative estimate of drug-likeness (QED) is 0.789. The zero-order chi connectivity index (χ0) is 20.6. The second kappa shape index (κ2) is 7.49. The van der Waals surface area contributed by atoms with E-state index in [-0.39, 0.29) is 15.5 Å². The Morgan fingerprint density at radius 2 is 1.48 bits per heavy atom. The third kappa shape index (κ3) is 4.42. The number of nitrogens with zero attached hydrogens (tertiary/aromatic N) is 2. The van der Waals surface area contributed by atoms with Crippen LogP contribution in [0.1, 0.15) is 11.1 Å². The minimum absolute atomic E-state index is 0.0109. The van der Waals surface area contributed by atoms with E-state index in [0.717, 1.165) is 9.87 Å². The van der Waals surface area contributed by atoms with Crippen LogP contribution in [0.5, 0.6) is 0 Å². The summed E-state index contributed by atoms with van der Waals surface area (Å²) in [6.07, 6.45) is 0. The second-order valence-corrected chi connectivity index (χ2v) is 10.5. The Labute approximate surface area is 161 Å². The molecular formula is C18H25N3O4S2. The predicted octanol–water partition coefficient (Wildman–Crippen LogP) is 2.42. The fraction of sp³-hybridized carbons (Fsp3) is 0.333. The van der Waals surface area contributed by atoms with Gasteiger partial charge in [-0.3, -0.25) is 4.72 Å². The topological polar surface area (TPSA) is 86.8 Å². The molecule has 0 bridgehead atoms. The Morgan fingerprint density at radius 1 is 0.852 bits per heavy atom. The summed E-state index contributed by atoms with van der Waals surface area (Å²) in [5.41, 5.74) is 2.18. The fourth-order valence-electron chi connectivity index (χ4n) is 2.55. The second-order valence-electron chi connectivity index (χ2n) is 6.74. The molecule has 0 atom stereocenters. The highest BCUT2D eigenvalue weighted by Gasteiger charge is 2.23.